The Kier molecular flexibility index (Phi) is 6.88. The lowest BCUT2D eigenvalue weighted by Crippen LogP contribution is -2.42. The fraction of sp³-hybridized carbons (Fsp3) is 0.294. The molecule has 208 valence electrons. The summed E-state index contributed by atoms with van der Waals surface area (Å²) in [7, 11) is 0. The summed E-state index contributed by atoms with van der Waals surface area (Å²) in [5.41, 5.74) is 4.94. The maximum Gasteiger partial charge on any atom is 0.254 e. The SMILES string of the molecule is O=C(c1cc(/C=C/c2ccc(F)cc2)nc2ccc(-c3ccc4c(c3)OCO4)cc12)N1CCC[C@H]1CN1CCCC1. The summed E-state index contributed by atoms with van der Waals surface area (Å²) >= 11 is 0. The van der Waals surface area contributed by atoms with Gasteiger partial charge in [0.2, 0.25) is 6.79 Å². The fourth-order valence-corrected chi connectivity index (χ4v) is 6.23. The van der Waals surface area contributed by atoms with Gasteiger partial charge in [-0.25, -0.2) is 9.37 Å². The highest BCUT2D eigenvalue weighted by Crippen LogP contribution is 2.37. The molecule has 6 nitrogen and oxygen atoms in total. The number of hydrogen-bond donors (Lipinski definition) is 0. The molecule has 2 saturated heterocycles. The van der Waals surface area contributed by atoms with Gasteiger partial charge in [-0.2, -0.15) is 0 Å². The molecular weight excluding hydrogens is 517 g/mol. The summed E-state index contributed by atoms with van der Waals surface area (Å²) in [4.78, 5) is 23.7. The van der Waals surface area contributed by atoms with Gasteiger partial charge < -0.3 is 19.3 Å². The number of aromatic nitrogens is 1. The molecule has 0 bridgehead atoms. The predicted octanol–water partition coefficient (Wildman–Crippen LogP) is 6.64. The summed E-state index contributed by atoms with van der Waals surface area (Å²) in [5, 5.41) is 0.830. The Morgan fingerprint density at radius 1 is 0.878 bits per heavy atom. The van der Waals surface area contributed by atoms with E-state index in [1.54, 1.807) is 12.1 Å². The van der Waals surface area contributed by atoms with Gasteiger partial charge in [0.15, 0.2) is 11.5 Å². The van der Waals surface area contributed by atoms with Gasteiger partial charge >= 0.3 is 0 Å². The summed E-state index contributed by atoms with van der Waals surface area (Å²) < 4.78 is 24.5. The molecule has 0 radical (unpaired) electrons. The van der Waals surface area contributed by atoms with Crippen molar-refractivity contribution >= 4 is 29.0 Å². The lowest BCUT2D eigenvalue weighted by Gasteiger charge is -2.29. The van der Waals surface area contributed by atoms with Gasteiger partial charge in [-0.3, -0.25) is 4.79 Å². The van der Waals surface area contributed by atoms with E-state index in [4.69, 9.17) is 14.5 Å². The molecule has 0 spiro atoms. The maximum atomic E-state index is 14.3. The smallest absolute Gasteiger partial charge is 0.254 e. The molecule has 1 aromatic heterocycles. The van der Waals surface area contributed by atoms with E-state index in [1.807, 2.05) is 48.6 Å². The summed E-state index contributed by atoms with van der Waals surface area (Å²) in [5.74, 6) is 1.24. The van der Waals surface area contributed by atoms with E-state index in [0.29, 0.717) is 11.3 Å². The highest BCUT2D eigenvalue weighted by molar-refractivity contribution is 6.08. The first-order valence-corrected chi connectivity index (χ1v) is 14.4. The van der Waals surface area contributed by atoms with E-state index < -0.39 is 0 Å². The van der Waals surface area contributed by atoms with Crippen molar-refractivity contribution in [1.82, 2.24) is 14.8 Å². The van der Waals surface area contributed by atoms with Crippen LogP contribution in [0.5, 0.6) is 11.5 Å². The number of nitrogens with zero attached hydrogens (tertiary/aromatic N) is 3. The topological polar surface area (TPSA) is 54.9 Å². The molecule has 7 rings (SSSR count). The molecule has 0 unspecified atom stereocenters. The number of pyridine rings is 1. The van der Waals surface area contributed by atoms with Crippen molar-refractivity contribution in [2.75, 3.05) is 33.0 Å². The molecule has 1 atom stereocenters. The zero-order valence-corrected chi connectivity index (χ0v) is 22.9. The number of likely N-dealkylation sites (tertiary alicyclic amines) is 2. The molecule has 1 amide bonds. The molecular formula is C34H32FN3O3. The second-order valence-electron chi connectivity index (χ2n) is 11.1. The lowest BCUT2D eigenvalue weighted by atomic mass is 9.99. The van der Waals surface area contributed by atoms with Crippen LogP contribution in [0, 0.1) is 5.82 Å². The van der Waals surface area contributed by atoms with Crippen LogP contribution in [-0.2, 0) is 0 Å². The average Bonchev–Trinajstić information content (AvgIpc) is 3.78. The van der Waals surface area contributed by atoms with Crippen molar-refractivity contribution in [1.29, 1.82) is 0 Å². The van der Waals surface area contributed by atoms with Crippen LogP contribution in [-0.4, -0.2) is 59.7 Å². The van der Waals surface area contributed by atoms with Crippen molar-refractivity contribution in [2.45, 2.75) is 31.7 Å². The molecule has 2 fully saturated rings. The number of benzene rings is 3. The molecule has 3 aliphatic rings. The minimum atomic E-state index is -0.272. The van der Waals surface area contributed by atoms with Crippen LogP contribution in [0.3, 0.4) is 0 Å². The third-order valence-corrected chi connectivity index (χ3v) is 8.39. The normalized spacial score (nSPS) is 18.7. The first kappa shape index (κ1) is 25.7. The second-order valence-corrected chi connectivity index (χ2v) is 11.1. The Labute approximate surface area is 239 Å². The van der Waals surface area contributed by atoms with E-state index in [2.05, 4.69) is 15.9 Å². The van der Waals surface area contributed by atoms with Crippen LogP contribution >= 0.6 is 0 Å². The third kappa shape index (κ3) is 5.30. The molecule has 3 aromatic carbocycles. The number of hydrogen-bond acceptors (Lipinski definition) is 5. The van der Waals surface area contributed by atoms with Gasteiger partial charge in [0.1, 0.15) is 5.82 Å². The monoisotopic (exact) mass is 549 g/mol. The Morgan fingerprint density at radius 2 is 1.66 bits per heavy atom. The van der Waals surface area contributed by atoms with Crippen LogP contribution in [0.25, 0.3) is 34.2 Å². The highest BCUT2D eigenvalue weighted by Gasteiger charge is 2.32. The molecule has 0 aliphatic carbocycles. The number of carbonyl (C=O) groups excluding carboxylic acids is 1. The third-order valence-electron chi connectivity index (χ3n) is 8.39. The predicted molar refractivity (Wildman–Crippen MR) is 158 cm³/mol. The van der Waals surface area contributed by atoms with Crippen LogP contribution in [0.2, 0.25) is 0 Å². The average molecular weight is 550 g/mol. The largest absolute Gasteiger partial charge is 0.454 e. The Morgan fingerprint density at radius 3 is 2.51 bits per heavy atom. The summed E-state index contributed by atoms with van der Waals surface area (Å²) in [6.45, 7) is 4.17. The van der Waals surface area contributed by atoms with Gasteiger partial charge in [-0.15, -0.1) is 0 Å². The zero-order valence-electron chi connectivity index (χ0n) is 22.9. The van der Waals surface area contributed by atoms with E-state index >= 15 is 0 Å². The Hall–Kier alpha value is -4.23. The first-order chi connectivity index (χ1) is 20.1. The van der Waals surface area contributed by atoms with Gasteiger partial charge in [0, 0.05) is 24.5 Å². The number of amides is 1. The minimum Gasteiger partial charge on any atom is -0.454 e. The van der Waals surface area contributed by atoms with Crippen LogP contribution in [0.1, 0.15) is 47.3 Å². The quantitative estimate of drug-likeness (QED) is 0.270. The number of carbonyl (C=O) groups is 1. The molecule has 0 N–H and O–H groups in total. The molecule has 4 heterocycles. The van der Waals surface area contributed by atoms with Crippen molar-refractivity contribution in [3.05, 3.63) is 89.4 Å². The van der Waals surface area contributed by atoms with Gasteiger partial charge in [-0.1, -0.05) is 30.3 Å². The van der Waals surface area contributed by atoms with Crippen LogP contribution < -0.4 is 9.47 Å². The summed E-state index contributed by atoms with van der Waals surface area (Å²) in [6, 6.07) is 20.4. The number of halogens is 1. The maximum absolute atomic E-state index is 14.3. The van der Waals surface area contributed by atoms with Crippen molar-refractivity contribution in [2.24, 2.45) is 0 Å². The number of ether oxygens (including phenoxy) is 2. The molecule has 3 aliphatic heterocycles. The van der Waals surface area contributed by atoms with E-state index in [9.17, 15) is 9.18 Å². The molecule has 4 aromatic rings. The minimum absolute atomic E-state index is 0.0540. The zero-order chi connectivity index (χ0) is 27.8. The Balaban J connectivity index is 1.28. The Bertz CT molecular complexity index is 1630. The van der Waals surface area contributed by atoms with Crippen molar-refractivity contribution in [3.63, 3.8) is 0 Å². The molecule has 7 heteroatoms. The molecule has 0 saturated carbocycles. The van der Waals surface area contributed by atoms with Gasteiger partial charge in [0.05, 0.1) is 16.8 Å². The van der Waals surface area contributed by atoms with E-state index in [-0.39, 0.29) is 24.6 Å². The second kappa shape index (κ2) is 11.0. The van der Waals surface area contributed by atoms with E-state index in [0.717, 1.165) is 78.1 Å². The number of rotatable bonds is 6. The van der Waals surface area contributed by atoms with Gasteiger partial charge in [0.25, 0.3) is 5.91 Å². The van der Waals surface area contributed by atoms with E-state index in [1.165, 1.54) is 25.0 Å². The van der Waals surface area contributed by atoms with Gasteiger partial charge in [-0.05, 0) is 104 Å². The fourth-order valence-electron chi connectivity index (χ4n) is 6.23. The highest BCUT2D eigenvalue weighted by atomic mass is 19.1. The van der Waals surface area contributed by atoms with Crippen molar-refractivity contribution in [3.8, 4) is 22.6 Å². The van der Waals surface area contributed by atoms with Crippen molar-refractivity contribution < 1.29 is 18.7 Å². The standard InChI is InChI=1S/C34H32FN3O3/c35-26-10-5-23(6-11-26)7-12-27-20-30(34(39)38-17-3-4-28(38)21-37-15-1-2-16-37)29-18-24(8-13-31(29)36-27)25-9-14-32-33(19-25)41-22-40-32/h5-14,18-20,28H,1-4,15-17,21-22H2/b12-7+/t28-/m0/s1. The number of fused-ring (bicyclic) bond motifs is 2. The summed E-state index contributed by atoms with van der Waals surface area (Å²) in [6.07, 6.45) is 8.32. The van der Waals surface area contributed by atoms with Crippen LogP contribution in [0.4, 0.5) is 4.39 Å². The lowest BCUT2D eigenvalue weighted by molar-refractivity contribution is 0.0710. The molecule has 41 heavy (non-hydrogen) atoms. The van der Waals surface area contributed by atoms with Crippen LogP contribution in [0.15, 0.2) is 66.7 Å². The first-order valence-electron chi connectivity index (χ1n) is 14.4.